The van der Waals surface area contributed by atoms with Crippen molar-refractivity contribution in [2.75, 3.05) is 26.4 Å². The van der Waals surface area contributed by atoms with Crippen molar-refractivity contribution in [2.24, 2.45) is 0 Å². The Labute approximate surface area is 426 Å². The molecule has 0 heterocycles. The van der Waals surface area contributed by atoms with E-state index in [1.807, 2.05) is 0 Å². The van der Waals surface area contributed by atoms with Crippen molar-refractivity contribution in [2.45, 2.75) is 238 Å². The third-order valence-corrected chi connectivity index (χ3v) is 12.3. The fraction of sp³-hybridized carbons (Fsp3) is 0.707. The summed E-state index contributed by atoms with van der Waals surface area (Å²) in [4.78, 5) is 48.4. The Bertz CT molecular complexity index is 1500. The monoisotopic (exact) mass is 1000 g/mol. The number of ether oxygens (including phenoxy) is 3. The van der Waals surface area contributed by atoms with E-state index in [1.54, 1.807) is 0 Å². The number of phosphoric ester groups is 1. The SMILES string of the molecule is CC/C=C\C/C=C\C/C=C\C/C=C\CCCCCCC(=O)OCC(COP(=O)(O)OCC(CO)OC(=O)CCCCCCCCCCCCCCC)OC(=O)CCCCC/C=C\C/C=C\C/C=C\CC. The lowest BCUT2D eigenvalue weighted by atomic mass is 10.0. The molecule has 0 saturated heterocycles. The number of carbonyl (C=O) groups excluding carboxylic acids is 3. The van der Waals surface area contributed by atoms with Crippen LogP contribution < -0.4 is 0 Å². The van der Waals surface area contributed by atoms with Crippen LogP contribution >= 0.6 is 7.82 Å². The molecule has 0 aliphatic rings. The lowest BCUT2D eigenvalue weighted by molar-refractivity contribution is -0.161. The highest BCUT2D eigenvalue weighted by atomic mass is 31.2. The second-order valence-corrected chi connectivity index (χ2v) is 19.4. The number of esters is 3. The predicted molar refractivity (Wildman–Crippen MR) is 288 cm³/mol. The molecule has 0 rings (SSSR count). The number of aliphatic hydroxyl groups is 1. The first-order valence-corrected chi connectivity index (χ1v) is 29.0. The molecule has 0 saturated carbocycles. The van der Waals surface area contributed by atoms with Crippen molar-refractivity contribution in [3.8, 4) is 0 Å². The highest BCUT2D eigenvalue weighted by Gasteiger charge is 2.28. The second-order valence-electron chi connectivity index (χ2n) is 18.0. The Morgan fingerprint density at radius 3 is 1.16 bits per heavy atom. The number of unbranched alkanes of at least 4 members (excludes halogenated alkanes) is 19. The molecule has 0 fully saturated rings. The summed E-state index contributed by atoms with van der Waals surface area (Å²) in [5.74, 6) is -1.53. The lowest BCUT2D eigenvalue weighted by Gasteiger charge is -2.21. The van der Waals surface area contributed by atoms with E-state index in [0.717, 1.165) is 109 Å². The minimum atomic E-state index is -4.76. The van der Waals surface area contributed by atoms with Crippen molar-refractivity contribution in [1.82, 2.24) is 0 Å². The second kappa shape index (κ2) is 52.0. The van der Waals surface area contributed by atoms with E-state index in [9.17, 15) is 28.9 Å². The summed E-state index contributed by atoms with van der Waals surface area (Å²) in [5.41, 5.74) is 0. The average Bonchev–Trinajstić information content (AvgIpc) is 3.35. The fourth-order valence-corrected chi connectivity index (χ4v) is 7.97. The summed E-state index contributed by atoms with van der Waals surface area (Å²) >= 11 is 0. The van der Waals surface area contributed by atoms with Crippen LogP contribution in [0, 0.1) is 0 Å². The maximum Gasteiger partial charge on any atom is 0.472 e. The molecule has 12 heteroatoms. The van der Waals surface area contributed by atoms with Crippen LogP contribution in [0.3, 0.4) is 0 Å². The van der Waals surface area contributed by atoms with Gasteiger partial charge in [0.1, 0.15) is 12.7 Å². The number of hydrogen-bond acceptors (Lipinski definition) is 10. The normalized spacial score (nSPS) is 14.1. The molecule has 0 amide bonds. The van der Waals surface area contributed by atoms with E-state index in [0.29, 0.717) is 19.3 Å². The molecule has 0 aromatic carbocycles. The quantitative estimate of drug-likeness (QED) is 0.0197. The van der Waals surface area contributed by atoms with Gasteiger partial charge in [0.25, 0.3) is 0 Å². The van der Waals surface area contributed by atoms with Crippen molar-refractivity contribution in [1.29, 1.82) is 0 Å². The van der Waals surface area contributed by atoms with E-state index < -0.39 is 57.8 Å². The van der Waals surface area contributed by atoms with Gasteiger partial charge < -0.3 is 24.2 Å². The van der Waals surface area contributed by atoms with Gasteiger partial charge in [0.05, 0.1) is 19.8 Å². The van der Waals surface area contributed by atoms with E-state index in [4.69, 9.17) is 23.3 Å². The van der Waals surface area contributed by atoms with Crippen molar-refractivity contribution in [3.63, 3.8) is 0 Å². The smallest absolute Gasteiger partial charge is 0.462 e. The lowest BCUT2D eigenvalue weighted by Crippen LogP contribution is -2.30. The Hall–Kier alpha value is -3.34. The minimum absolute atomic E-state index is 0.124. The third kappa shape index (κ3) is 49.6. The van der Waals surface area contributed by atoms with E-state index in [1.165, 1.54) is 57.8 Å². The van der Waals surface area contributed by atoms with Crippen LogP contribution in [0.2, 0.25) is 0 Å². The molecule has 0 aromatic rings. The van der Waals surface area contributed by atoms with E-state index in [2.05, 4.69) is 106 Å². The highest BCUT2D eigenvalue weighted by Crippen LogP contribution is 2.43. The summed E-state index contributed by atoms with van der Waals surface area (Å²) in [7, 11) is -4.76. The fourth-order valence-electron chi connectivity index (χ4n) is 7.18. The Balaban J connectivity index is 4.79. The van der Waals surface area contributed by atoms with Crippen LogP contribution in [0.1, 0.15) is 226 Å². The number of allylic oxidation sites excluding steroid dienone is 14. The summed E-state index contributed by atoms with van der Waals surface area (Å²) in [5, 5.41) is 9.79. The summed E-state index contributed by atoms with van der Waals surface area (Å²) in [6.45, 7) is 4.35. The van der Waals surface area contributed by atoms with Crippen molar-refractivity contribution < 1.29 is 52.2 Å². The first-order chi connectivity index (χ1) is 34.2. The van der Waals surface area contributed by atoms with Crippen LogP contribution in [-0.4, -0.2) is 66.5 Å². The zero-order chi connectivity index (χ0) is 51.3. The molecule has 70 heavy (non-hydrogen) atoms. The van der Waals surface area contributed by atoms with Gasteiger partial charge in [-0.1, -0.05) is 202 Å². The molecule has 2 N–H and O–H groups in total. The summed E-state index contributed by atoms with van der Waals surface area (Å²) in [6, 6.07) is 0. The van der Waals surface area contributed by atoms with Gasteiger partial charge in [0, 0.05) is 19.3 Å². The van der Waals surface area contributed by atoms with Gasteiger partial charge in [0.15, 0.2) is 6.10 Å². The number of hydrogen-bond donors (Lipinski definition) is 2. The van der Waals surface area contributed by atoms with Crippen molar-refractivity contribution in [3.05, 3.63) is 85.1 Å². The molecular weight excluding hydrogens is 904 g/mol. The molecule has 402 valence electrons. The molecule has 3 unspecified atom stereocenters. The number of rotatable bonds is 50. The molecule has 0 bridgehead atoms. The topological polar surface area (TPSA) is 155 Å². The first kappa shape index (κ1) is 66.7. The molecule has 0 aliphatic heterocycles. The predicted octanol–water partition coefficient (Wildman–Crippen LogP) is 15.9. The molecule has 0 spiro atoms. The molecule has 0 aliphatic carbocycles. The molecule has 3 atom stereocenters. The maximum atomic E-state index is 12.9. The third-order valence-electron chi connectivity index (χ3n) is 11.3. The van der Waals surface area contributed by atoms with Crippen LogP contribution in [0.15, 0.2) is 85.1 Å². The Kier molecular flexibility index (Phi) is 49.5. The molecule has 0 aromatic heterocycles. The molecular formula is C58H99O11P. The van der Waals surface area contributed by atoms with Gasteiger partial charge in [0.2, 0.25) is 0 Å². The first-order valence-electron chi connectivity index (χ1n) is 27.5. The van der Waals surface area contributed by atoms with Crippen LogP contribution in [0.4, 0.5) is 0 Å². The van der Waals surface area contributed by atoms with Gasteiger partial charge in [-0.05, 0) is 89.9 Å². The number of phosphoric acid groups is 1. The highest BCUT2D eigenvalue weighted by molar-refractivity contribution is 7.47. The molecule has 0 radical (unpaired) electrons. The Morgan fingerprint density at radius 2 is 0.743 bits per heavy atom. The van der Waals surface area contributed by atoms with Crippen LogP contribution in [0.5, 0.6) is 0 Å². The zero-order valence-electron chi connectivity index (χ0n) is 44.2. The summed E-state index contributed by atoms with van der Waals surface area (Å²) in [6.07, 6.45) is 58.3. The molecule has 11 nitrogen and oxygen atoms in total. The maximum absolute atomic E-state index is 12.9. The number of aliphatic hydroxyl groups excluding tert-OH is 1. The summed E-state index contributed by atoms with van der Waals surface area (Å²) < 4.78 is 39.4. The van der Waals surface area contributed by atoms with Gasteiger partial charge in [-0.2, -0.15) is 0 Å². The standard InChI is InChI=1S/C58H99O11P/c1-4-7-10-13-16-19-22-25-26-27-28-31-32-35-38-41-44-47-56(60)65-51-55(69-58(62)49-46-43-40-37-34-30-24-21-18-15-12-9-6-3)53-67-70(63,64)66-52-54(50-59)68-57(61)48-45-42-39-36-33-29-23-20-17-14-11-8-5-2/h7,9-10,12,16,18-19,21,25-26,28,30-31,34,54-55,59H,4-6,8,11,13-15,17,20,22-24,27,29,32-33,35-53H2,1-3H3,(H,63,64)/b10-7-,12-9-,19-16-,21-18-,26-25-,31-28-,34-30-. The van der Waals surface area contributed by atoms with Gasteiger partial charge in [-0.15, -0.1) is 0 Å². The largest absolute Gasteiger partial charge is 0.472 e. The average molecular weight is 1000 g/mol. The van der Waals surface area contributed by atoms with Gasteiger partial charge in [-0.3, -0.25) is 23.4 Å². The van der Waals surface area contributed by atoms with Crippen LogP contribution in [0.25, 0.3) is 0 Å². The zero-order valence-corrected chi connectivity index (χ0v) is 45.1. The van der Waals surface area contributed by atoms with E-state index >= 15 is 0 Å². The van der Waals surface area contributed by atoms with Crippen LogP contribution in [-0.2, 0) is 42.2 Å². The Morgan fingerprint density at radius 1 is 0.414 bits per heavy atom. The van der Waals surface area contributed by atoms with Gasteiger partial charge >= 0.3 is 25.7 Å². The van der Waals surface area contributed by atoms with Crippen molar-refractivity contribution >= 4 is 25.7 Å². The minimum Gasteiger partial charge on any atom is -0.462 e. The number of carbonyl (C=O) groups is 3. The van der Waals surface area contributed by atoms with E-state index in [-0.39, 0.29) is 25.9 Å². The van der Waals surface area contributed by atoms with Gasteiger partial charge in [-0.25, -0.2) is 4.57 Å².